The summed E-state index contributed by atoms with van der Waals surface area (Å²) in [7, 11) is 0. The monoisotopic (exact) mass is 664 g/mol. The minimum absolute atomic E-state index is 0.169. The predicted molar refractivity (Wildman–Crippen MR) is 187 cm³/mol. The molecule has 7 rings (SSSR count). The molecular formula is C37H44N8O4. The highest BCUT2D eigenvalue weighted by atomic mass is 16.5. The molecule has 3 aliphatic heterocycles. The summed E-state index contributed by atoms with van der Waals surface area (Å²) in [4.78, 5) is 39.2. The molecule has 2 aromatic carbocycles. The van der Waals surface area contributed by atoms with Gasteiger partial charge >= 0.3 is 5.69 Å². The fraction of sp³-hybridized carbons (Fsp3) is 0.459. The van der Waals surface area contributed by atoms with Crippen LogP contribution in [0.4, 0.5) is 5.82 Å². The summed E-state index contributed by atoms with van der Waals surface area (Å²) in [6, 6.07) is 21.2. The number of aromatic nitrogens is 3. The number of nitriles is 1. The van der Waals surface area contributed by atoms with Gasteiger partial charge in [-0.15, -0.1) is 0 Å². The number of carbonyl (C=O) groups is 1. The third-order valence-electron chi connectivity index (χ3n) is 10.4. The summed E-state index contributed by atoms with van der Waals surface area (Å²) in [6.45, 7) is 10.5. The lowest BCUT2D eigenvalue weighted by atomic mass is 9.87. The van der Waals surface area contributed by atoms with Gasteiger partial charge in [-0.2, -0.15) is 5.26 Å². The Balaban J connectivity index is 1.09. The molecule has 0 aliphatic carbocycles. The maximum absolute atomic E-state index is 14.3. The summed E-state index contributed by atoms with van der Waals surface area (Å²) in [5.74, 6) is 0.656. The summed E-state index contributed by atoms with van der Waals surface area (Å²) in [6.07, 6.45) is 3.49. The Hall–Kier alpha value is -4.70. The van der Waals surface area contributed by atoms with Crippen molar-refractivity contribution < 1.29 is 14.3 Å². The van der Waals surface area contributed by atoms with Crippen LogP contribution in [0.3, 0.4) is 0 Å². The van der Waals surface area contributed by atoms with Crippen LogP contribution in [-0.4, -0.2) is 98.8 Å². The molecule has 2 aromatic heterocycles. The molecule has 49 heavy (non-hydrogen) atoms. The van der Waals surface area contributed by atoms with Crippen molar-refractivity contribution in [2.45, 2.75) is 50.7 Å². The number of piperazine rings is 1. The van der Waals surface area contributed by atoms with Crippen molar-refractivity contribution >= 4 is 22.8 Å². The van der Waals surface area contributed by atoms with Gasteiger partial charge in [-0.25, -0.2) is 9.78 Å². The van der Waals surface area contributed by atoms with Crippen LogP contribution in [0.2, 0.25) is 0 Å². The van der Waals surface area contributed by atoms with Crippen molar-refractivity contribution in [3.05, 3.63) is 77.3 Å². The topological polar surface area (TPSA) is 135 Å². The normalized spacial score (nSPS) is 20.1. The first-order valence-corrected chi connectivity index (χ1v) is 17.2. The van der Waals surface area contributed by atoms with E-state index in [-0.39, 0.29) is 29.0 Å². The molecule has 2 atom stereocenters. The number of likely N-dealkylation sites (tertiary alicyclic amines) is 1. The van der Waals surface area contributed by atoms with Crippen molar-refractivity contribution in [1.82, 2.24) is 28.8 Å². The molecule has 0 radical (unpaired) electrons. The van der Waals surface area contributed by atoms with Gasteiger partial charge in [-0.3, -0.25) is 23.7 Å². The number of ether oxygens (including phenoxy) is 2. The highest BCUT2D eigenvalue weighted by Gasteiger charge is 2.39. The zero-order chi connectivity index (χ0) is 34.1. The number of pyridine rings is 1. The maximum atomic E-state index is 14.3. The zero-order valence-corrected chi connectivity index (χ0v) is 28.2. The smallest absolute Gasteiger partial charge is 0.334 e. The number of hydrogen-bond acceptors (Lipinski definition) is 9. The molecule has 12 nitrogen and oxygen atoms in total. The van der Waals surface area contributed by atoms with Crippen LogP contribution in [0.1, 0.15) is 39.2 Å². The summed E-state index contributed by atoms with van der Waals surface area (Å²) in [5, 5.41) is 10.2. The minimum Gasteiger partial charge on any atom is -0.457 e. The number of rotatable bonds is 9. The predicted octanol–water partition coefficient (Wildman–Crippen LogP) is 4.05. The van der Waals surface area contributed by atoms with Crippen molar-refractivity contribution in [3.8, 4) is 23.3 Å². The minimum atomic E-state index is -0.777. The first-order valence-electron chi connectivity index (χ1n) is 17.2. The van der Waals surface area contributed by atoms with Crippen molar-refractivity contribution in [2.75, 3.05) is 58.2 Å². The Morgan fingerprint density at radius 2 is 1.73 bits per heavy atom. The molecular weight excluding hydrogens is 620 g/mol. The molecule has 256 valence electrons. The second-order valence-corrected chi connectivity index (χ2v) is 14.0. The third kappa shape index (κ3) is 6.54. The number of amides is 1. The summed E-state index contributed by atoms with van der Waals surface area (Å²) >= 11 is 0. The SMILES string of the molecule is CC(C)(CC(C#N)C(=O)N1CCC[C@@H](n2c(=O)n(-c3ccc(Oc4ccccc4)cc3)c3c(N)nccc32)C1)N1CCN(C2COC2)CC1. The van der Waals surface area contributed by atoms with E-state index in [2.05, 4.69) is 34.7 Å². The number of nitrogen functional groups attached to an aromatic ring is 1. The summed E-state index contributed by atoms with van der Waals surface area (Å²) in [5.41, 5.74) is 7.65. The Morgan fingerprint density at radius 1 is 1.02 bits per heavy atom. The first kappa shape index (κ1) is 32.8. The lowest BCUT2D eigenvalue weighted by Crippen LogP contribution is -2.60. The van der Waals surface area contributed by atoms with Gasteiger partial charge < -0.3 is 20.1 Å². The van der Waals surface area contributed by atoms with Gasteiger partial charge in [0.25, 0.3) is 0 Å². The third-order valence-corrected chi connectivity index (χ3v) is 10.4. The number of hydrogen-bond donors (Lipinski definition) is 1. The maximum Gasteiger partial charge on any atom is 0.334 e. The van der Waals surface area contributed by atoms with Gasteiger partial charge in [0, 0.05) is 51.0 Å². The summed E-state index contributed by atoms with van der Waals surface area (Å²) < 4.78 is 14.7. The lowest BCUT2D eigenvalue weighted by molar-refractivity contribution is -0.136. The largest absolute Gasteiger partial charge is 0.457 e. The lowest BCUT2D eigenvalue weighted by Gasteiger charge is -2.48. The number of benzene rings is 2. The molecule has 0 saturated carbocycles. The second kappa shape index (κ2) is 13.7. The molecule has 3 saturated heterocycles. The number of nitrogens with zero attached hydrogens (tertiary/aromatic N) is 7. The van der Waals surface area contributed by atoms with E-state index < -0.39 is 5.92 Å². The molecule has 0 bridgehead atoms. The molecule has 3 fully saturated rings. The standard InChI is InChI=1S/C37H44N8O4/c1-37(2,43-19-17-41(18-20-43)29-24-48-25-29)21-26(22-38)35(46)42-16-6-7-28(23-42)44-32-14-15-40-34(39)33(32)45(36(44)47)27-10-12-31(13-11-27)49-30-8-4-3-5-9-30/h3-5,8-15,26,28-29H,6-7,16-21,23-25H2,1-2H3,(H2,39,40)/t26?,28-/m1/s1. The first-order chi connectivity index (χ1) is 23.7. The van der Waals surface area contributed by atoms with E-state index in [1.165, 1.54) is 0 Å². The Bertz CT molecular complexity index is 1890. The Labute approximate surface area is 286 Å². The van der Waals surface area contributed by atoms with Gasteiger partial charge in [0.2, 0.25) is 5.91 Å². The number of imidazole rings is 1. The van der Waals surface area contributed by atoms with E-state index in [0.29, 0.717) is 60.2 Å². The van der Waals surface area contributed by atoms with Crippen LogP contribution in [-0.2, 0) is 9.53 Å². The van der Waals surface area contributed by atoms with Crippen LogP contribution in [0, 0.1) is 17.2 Å². The quantitative estimate of drug-likeness (QED) is 0.281. The van der Waals surface area contributed by atoms with Crippen LogP contribution < -0.4 is 16.2 Å². The van der Waals surface area contributed by atoms with Gasteiger partial charge in [-0.05, 0) is 75.6 Å². The fourth-order valence-electron chi connectivity index (χ4n) is 7.60. The van der Waals surface area contributed by atoms with Crippen molar-refractivity contribution in [2.24, 2.45) is 5.92 Å². The van der Waals surface area contributed by atoms with Crippen LogP contribution in [0.25, 0.3) is 16.7 Å². The van der Waals surface area contributed by atoms with Crippen molar-refractivity contribution in [1.29, 1.82) is 5.26 Å². The van der Waals surface area contributed by atoms with E-state index in [1.807, 2.05) is 54.6 Å². The zero-order valence-electron chi connectivity index (χ0n) is 28.2. The average Bonchev–Trinajstić information content (AvgIpc) is 3.40. The van der Waals surface area contributed by atoms with Crippen LogP contribution >= 0.6 is 0 Å². The van der Waals surface area contributed by atoms with E-state index in [1.54, 1.807) is 26.3 Å². The fourth-order valence-corrected chi connectivity index (χ4v) is 7.60. The van der Waals surface area contributed by atoms with E-state index in [0.717, 1.165) is 45.8 Å². The molecule has 2 N–H and O–H groups in total. The number of carbonyl (C=O) groups excluding carboxylic acids is 1. The number of fused-ring (bicyclic) bond motifs is 1. The Kier molecular flexibility index (Phi) is 9.15. The van der Waals surface area contributed by atoms with E-state index in [9.17, 15) is 14.9 Å². The van der Waals surface area contributed by atoms with Crippen molar-refractivity contribution in [3.63, 3.8) is 0 Å². The number of piperidine rings is 1. The average molecular weight is 665 g/mol. The number of para-hydroxylation sites is 1. The van der Waals surface area contributed by atoms with Gasteiger partial charge in [-0.1, -0.05) is 18.2 Å². The molecule has 4 aromatic rings. The van der Waals surface area contributed by atoms with Crippen LogP contribution in [0.5, 0.6) is 11.5 Å². The highest BCUT2D eigenvalue weighted by molar-refractivity contribution is 5.87. The van der Waals surface area contributed by atoms with E-state index in [4.69, 9.17) is 15.2 Å². The second-order valence-electron chi connectivity index (χ2n) is 14.0. The molecule has 0 spiro atoms. The van der Waals surface area contributed by atoms with Crippen LogP contribution in [0.15, 0.2) is 71.7 Å². The van der Waals surface area contributed by atoms with Gasteiger partial charge in [0.1, 0.15) is 28.8 Å². The number of anilines is 1. The highest BCUT2D eigenvalue weighted by Crippen LogP contribution is 2.32. The molecule has 12 heteroatoms. The number of nitrogens with two attached hydrogens (primary N) is 1. The molecule has 5 heterocycles. The van der Waals surface area contributed by atoms with E-state index >= 15 is 0 Å². The van der Waals surface area contributed by atoms with Gasteiger partial charge in [0.05, 0.1) is 42.6 Å². The van der Waals surface area contributed by atoms with Gasteiger partial charge in [0.15, 0.2) is 0 Å². The Morgan fingerprint density at radius 3 is 2.41 bits per heavy atom. The molecule has 1 amide bonds. The molecule has 1 unspecified atom stereocenters. The molecule has 3 aliphatic rings.